The Labute approximate surface area is 111 Å². The van der Waals surface area contributed by atoms with Gasteiger partial charge in [0.15, 0.2) is 0 Å². The number of benzene rings is 1. The molecule has 0 saturated heterocycles. The van der Waals surface area contributed by atoms with Crippen LogP contribution in [0.5, 0.6) is 11.5 Å². The molecule has 1 heterocycles. The van der Waals surface area contributed by atoms with Crippen molar-refractivity contribution in [3.8, 4) is 11.5 Å². The molecule has 96 valence electrons. The van der Waals surface area contributed by atoms with Crippen molar-refractivity contribution in [3.63, 3.8) is 0 Å². The summed E-state index contributed by atoms with van der Waals surface area (Å²) >= 11 is 1.72. The third kappa shape index (κ3) is 2.83. The minimum atomic E-state index is -0.0892. The van der Waals surface area contributed by atoms with Gasteiger partial charge in [0.05, 0.1) is 14.2 Å². The summed E-state index contributed by atoms with van der Waals surface area (Å²) in [7, 11) is 3.31. The van der Waals surface area contributed by atoms with Crippen molar-refractivity contribution < 1.29 is 9.47 Å². The summed E-state index contributed by atoms with van der Waals surface area (Å²) in [5, 5.41) is 2.06. The first-order valence-electron chi connectivity index (χ1n) is 5.74. The van der Waals surface area contributed by atoms with Gasteiger partial charge in [0.25, 0.3) is 0 Å². The first-order chi connectivity index (χ1) is 8.74. The molecule has 0 fully saturated rings. The van der Waals surface area contributed by atoms with E-state index >= 15 is 0 Å². The Morgan fingerprint density at radius 3 is 2.67 bits per heavy atom. The van der Waals surface area contributed by atoms with Crippen molar-refractivity contribution in [2.75, 3.05) is 14.2 Å². The maximum Gasteiger partial charge on any atom is 0.123 e. The highest BCUT2D eigenvalue weighted by Gasteiger charge is 2.14. The van der Waals surface area contributed by atoms with Crippen LogP contribution in [0.4, 0.5) is 0 Å². The summed E-state index contributed by atoms with van der Waals surface area (Å²) in [5.41, 5.74) is 7.23. The molecule has 0 bridgehead atoms. The van der Waals surface area contributed by atoms with Crippen molar-refractivity contribution >= 4 is 11.3 Å². The van der Waals surface area contributed by atoms with Gasteiger partial charge in [0.1, 0.15) is 11.5 Å². The molecule has 0 saturated carbocycles. The zero-order valence-corrected chi connectivity index (χ0v) is 11.4. The lowest BCUT2D eigenvalue weighted by Gasteiger charge is -2.16. The third-order valence-corrected chi connectivity index (χ3v) is 3.74. The quantitative estimate of drug-likeness (QED) is 0.902. The van der Waals surface area contributed by atoms with Gasteiger partial charge in [-0.25, -0.2) is 0 Å². The second-order valence-corrected chi connectivity index (χ2v) is 5.03. The standard InChI is InChI=1S/C14H17NO2S/c1-16-10-5-6-14(17-2)12(8-10)13(15)9-11-4-3-7-18-11/h3-8,13H,9,15H2,1-2H3. The van der Waals surface area contributed by atoms with Crippen molar-refractivity contribution in [1.82, 2.24) is 0 Å². The molecule has 2 N–H and O–H groups in total. The first-order valence-corrected chi connectivity index (χ1v) is 6.62. The lowest BCUT2D eigenvalue weighted by atomic mass is 10.0. The molecule has 0 radical (unpaired) electrons. The number of thiophene rings is 1. The summed E-state index contributed by atoms with van der Waals surface area (Å²) in [5.74, 6) is 1.60. The van der Waals surface area contributed by atoms with E-state index in [9.17, 15) is 0 Å². The van der Waals surface area contributed by atoms with E-state index in [1.165, 1.54) is 4.88 Å². The highest BCUT2D eigenvalue weighted by molar-refractivity contribution is 7.09. The van der Waals surface area contributed by atoms with Crippen LogP contribution in [0.2, 0.25) is 0 Å². The van der Waals surface area contributed by atoms with E-state index in [1.54, 1.807) is 25.6 Å². The zero-order valence-electron chi connectivity index (χ0n) is 10.6. The lowest BCUT2D eigenvalue weighted by molar-refractivity contribution is 0.395. The van der Waals surface area contributed by atoms with Crippen LogP contribution in [-0.4, -0.2) is 14.2 Å². The maximum absolute atomic E-state index is 6.26. The van der Waals surface area contributed by atoms with Gasteiger partial charge in [-0.15, -0.1) is 11.3 Å². The molecule has 0 aliphatic rings. The van der Waals surface area contributed by atoms with Gasteiger partial charge in [-0.3, -0.25) is 0 Å². The fourth-order valence-electron chi connectivity index (χ4n) is 1.88. The van der Waals surface area contributed by atoms with Gasteiger partial charge in [-0.2, -0.15) is 0 Å². The summed E-state index contributed by atoms with van der Waals surface area (Å²) in [6.07, 6.45) is 0.807. The van der Waals surface area contributed by atoms with Crippen LogP contribution in [0.1, 0.15) is 16.5 Å². The van der Waals surface area contributed by atoms with E-state index in [1.807, 2.05) is 24.3 Å². The van der Waals surface area contributed by atoms with Crippen LogP contribution in [0.25, 0.3) is 0 Å². The van der Waals surface area contributed by atoms with Crippen molar-refractivity contribution in [1.29, 1.82) is 0 Å². The second kappa shape index (κ2) is 5.89. The Balaban J connectivity index is 2.24. The number of nitrogens with two attached hydrogens (primary N) is 1. The first kappa shape index (κ1) is 12.9. The van der Waals surface area contributed by atoms with Crippen LogP contribution < -0.4 is 15.2 Å². The normalized spacial score (nSPS) is 12.2. The minimum Gasteiger partial charge on any atom is -0.497 e. The van der Waals surface area contributed by atoms with Crippen LogP contribution >= 0.6 is 11.3 Å². The molecule has 0 spiro atoms. The average Bonchev–Trinajstić information content (AvgIpc) is 2.90. The van der Waals surface area contributed by atoms with Gasteiger partial charge in [0.2, 0.25) is 0 Å². The van der Waals surface area contributed by atoms with E-state index in [4.69, 9.17) is 15.2 Å². The number of ether oxygens (including phenoxy) is 2. The van der Waals surface area contributed by atoms with E-state index < -0.39 is 0 Å². The molecule has 0 aliphatic carbocycles. The van der Waals surface area contributed by atoms with Crippen molar-refractivity contribution in [3.05, 3.63) is 46.2 Å². The van der Waals surface area contributed by atoms with Crippen LogP contribution in [-0.2, 0) is 6.42 Å². The minimum absolute atomic E-state index is 0.0892. The summed E-state index contributed by atoms with van der Waals surface area (Å²) in [4.78, 5) is 1.27. The second-order valence-electron chi connectivity index (χ2n) is 4.00. The fraction of sp³-hybridized carbons (Fsp3) is 0.286. The number of rotatable bonds is 5. The Kier molecular flexibility index (Phi) is 4.23. The molecule has 1 aromatic heterocycles. The monoisotopic (exact) mass is 263 g/mol. The summed E-state index contributed by atoms with van der Waals surface area (Å²) in [6, 6.07) is 9.75. The van der Waals surface area contributed by atoms with E-state index in [2.05, 4.69) is 11.4 Å². The van der Waals surface area contributed by atoms with Crippen LogP contribution in [0, 0.1) is 0 Å². The molecule has 0 amide bonds. The summed E-state index contributed by atoms with van der Waals surface area (Å²) in [6.45, 7) is 0. The van der Waals surface area contributed by atoms with Crippen molar-refractivity contribution in [2.24, 2.45) is 5.73 Å². The lowest BCUT2D eigenvalue weighted by Crippen LogP contribution is -2.14. The van der Waals surface area contributed by atoms with Gasteiger partial charge in [0, 0.05) is 22.9 Å². The number of hydrogen-bond acceptors (Lipinski definition) is 4. The zero-order chi connectivity index (χ0) is 13.0. The maximum atomic E-state index is 6.26. The number of methoxy groups -OCH3 is 2. The Bertz CT molecular complexity index is 497. The molecule has 4 heteroatoms. The van der Waals surface area contributed by atoms with Crippen molar-refractivity contribution in [2.45, 2.75) is 12.5 Å². The molecule has 2 rings (SSSR count). The van der Waals surface area contributed by atoms with Gasteiger partial charge in [-0.1, -0.05) is 6.07 Å². The molecule has 3 nitrogen and oxygen atoms in total. The van der Waals surface area contributed by atoms with E-state index in [-0.39, 0.29) is 6.04 Å². The highest BCUT2D eigenvalue weighted by atomic mass is 32.1. The Morgan fingerprint density at radius 1 is 1.22 bits per heavy atom. The van der Waals surface area contributed by atoms with Gasteiger partial charge < -0.3 is 15.2 Å². The predicted octanol–water partition coefficient (Wildman–Crippen LogP) is 3.01. The molecular formula is C14H17NO2S. The SMILES string of the molecule is COc1ccc(OC)c(C(N)Cc2cccs2)c1. The molecule has 18 heavy (non-hydrogen) atoms. The Hall–Kier alpha value is -1.52. The molecule has 1 atom stereocenters. The molecule has 1 unspecified atom stereocenters. The molecule has 2 aromatic rings. The summed E-state index contributed by atoms with van der Waals surface area (Å²) < 4.78 is 10.6. The molecule has 0 aliphatic heterocycles. The highest BCUT2D eigenvalue weighted by Crippen LogP contribution is 2.30. The fourth-order valence-corrected chi connectivity index (χ4v) is 2.65. The largest absolute Gasteiger partial charge is 0.497 e. The van der Waals surface area contributed by atoms with E-state index in [0.717, 1.165) is 23.5 Å². The topological polar surface area (TPSA) is 44.5 Å². The van der Waals surface area contributed by atoms with E-state index in [0.29, 0.717) is 0 Å². The third-order valence-electron chi connectivity index (χ3n) is 2.84. The predicted molar refractivity (Wildman–Crippen MR) is 74.5 cm³/mol. The molecule has 1 aromatic carbocycles. The van der Waals surface area contributed by atoms with Crippen LogP contribution in [0.15, 0.2) is 35.7 Å². The number of hydrogen-bond donors (Lipinski definition) is 1. The van der Waals surface area contributed by atoms with Gasteiger partial charge >= 0.3 is 0 Å². The molecular weight excluding hydrogens is 246 g/mol. The average molecular weight is 263 g/mol. The smallest absolute Gasteiger partial charge is 0.123 e. The van der Waals surface area contributed by atoms with Gasteiger partial charge in [-0.05, 0) is 29.6 Å². The van der Waals surface area contributed by atoms with Crippen LogP contribution in [0.3, 0.4) is 0 Å². The Morgan fingerprint density at radius 2 is 2.06 bits per heavy atom.